The second-order valence-electron chi connectivity index (χ2n) is 8.28. The van der Waals surface area contributed by atoms with E-state index >= 15 is 0 Å². The first kappa shape index (κ1) is 25.6. The van der Waals surface area contributed by atoms with Crippen LogP contribution in [0.3, 0.4) is 0 Å². The van der Waals surface area contributed by atoms with Crippen molar-refractivity contribution in [1.29, 1.82) is 0 Å². The van der Waals surface area contributed by atoms with Crippen LogP contribution < -0.4 is 9.64 Å². The lowest BCUT2D eigenvalue weighted by Crippen LogP contribution is -2.37. The number of fused-ring (bicyclic) bond motifs is 1. The van der Waals surface area contributed by atoms with Gasteiger partial charge in [-0.15, -0.1) is 0 Å². The van der Waals surface area contributed by atoms with E-state index in [1.54, 1.807) is 32.9 Å². The van der Waals surface area contributed by atoms with E-state index in [0.29, 0.717) is 26.9 Å². The maximum Gasteiger partial charge on any atom is 0.415 e. The predicted octanol–water partition coefficient (Wildman–Crippen LogP) is 7.05. The molecule has 0 spiro atoms. The summed E-state index contributed by atoms with van der Waals surface area (Å²) in [7, 11) is 1.27. The number of carbonyl (C=O) groups excluding carboxylic acids is 2. The molecule has 0 radical (unpaired) electrons. The van der Waals surface area contributed by atoms with Gasteiger partial charge >= 0.3 is 12.1 Å². The Morgan fingerprint density at radius 3 is 2.50 bits per heavy atom. The number of nitrogens with zero attached hydrogens (tertiary/aromatic N) is 1. The number of methoxy groups -OCH3 is 1. The molecule has 3 rings (SSSR count). The molecule has 0 bridgehead atoms. The fourth-order valence-electron chi connectivity index (χ4n) is 3.10. The molecule has 0 saturated carbocycles. The molecule has 0 unspecified atom stereocenters. The quantitative estimate of drug-likeness (QED) is 0.293. The monoisotopic (exact) mass is 549 g/mol. The minimum Gasteiger partial charge on any atom is -0.485 e. The molecule has 7 nitrogen and oxygen atoms in total. The average molecular weight is 551 g/mol. The number of hydrogen-bond donors (Lipinski definition) is 0. The highest BCUT2D eigenvalue weighted by atomic mass is 79.9. The number of esters is 1. The molecule has 0 aliphatic heterocycles. The zero-order valence-electron chi connectivity index (χ0n) is 19.3. The molecule has 0 aliphatic carbocycles. The number of amides is 1. The lowest BCUT2D eigenvalue weighted by molar-refractivity contribution is 0.0563. The average Bonchev–Trinajstić information content (AvgIpc) is 3.25. The SMILES string of the molecule is COC(=O)c1cc2c(Br)c(N(CC=CCl)C(=O)OC(C)(C)C)cc(OCc3ccccc3)c2o1. The van der Waals surface area contributed by atoms with Crippen molar-refractivity contribution in [3.8, 4) is 5.75 Å². The fourth-order valence-corrected chi connectivity index (χ4v) is 3.80. The molecule has 1 aromatic heterocycles. The van der Waals surface area contributed by atoms with Crippen molar-refractivity contribution >= 4 is 56.3 Å². The van der Waals surface area contributed by atoms with Crippen LogP contribution in [0.4, 0.5) is 10.5 Å². The summed E-state index contributed by atoms with van der Waals surface area (Å²) in [5.41, 5.74) is 2.34. The van der Waals surface area contributed by atoms with Crippen molar-refractivity contribution in [2.75, 3.05) is 18.6 Å². The number of furan rings is 1. The van der Waals surface area contributed by atoms with Crippen LogP contribution in [0.15, 0.2) is 63.0 Å². The Morgan fingerprint density at radius 1 is 1.18 bits per heavy atom. The van der Waals surface area contributed by atoms with Gasteiger partial charge in [0.2, 0.25) is 5.76 Å². The van der Waals surface area contributed by atoms with Gasteiger partial charge in [0.15, 0.2) is 11.3 Å². The first-order valence-corrected chi connectivity index (χ1v) is 11.6. The Hall–Kier alpha value is -2.97. The number of ether oxygens (including phenoxy) is 3. The summed E-state index contributed by atoms with van der Waals surface area (Å²) in [5.74, 6) is -0.285. The van der Waals surface area contributed by atoms with E-state index in [2.05, 4.69) is 15.9 Å². The van der Waals surface area contributed by atoms with Gasteiger partial charge in [0, 0.05) is 29.6 Å². The van der Waals surface area contributed by atoms with Crippen LogP contribution in [-0.4, -0.2) is 31.3 Å². The van der Waals surface area contributed by atoms with Gasteiger partial charge in [-0.2, -0.15) is 0 Å². The summed E-state index contributed by atoms with van der Waals surface area (Å²) in [6.07, 6.45) is 1.04. The Bertz CT molecular complexity index is 1200. The van der Waals surface area contributed by atoms with Crippen molar-refractivity contribution in [3.05, 3.63) is 69.9 Å². The molecule has 0 aliphatic rings. The third-order valence-corrected chi connectivity index (χ3v) is 5.60. The topological polar surface area (TPSA) is 78.2 Å². The predicted molar refractivity (Wildman–Crippen MR) is 135 cm³/mol. The highest BCUT2D eigenvalue weighted by molar-refractivity contribution is 9.10. The maximum atomic E-state index is 13.1. The van der Waals surface area contributed by atoms with Gasteiger partial charge in [0.05, 0.1) is 17.3 Å². The zero-order valence-corrected chi connectivity index (χ0v) is 21.6. The van der Waals surface area contributed by atoms with E-state index in [0.717, 1.165) is 5.56 Å². The van der Waals surface area contributed by atoms with Gasteiger partial charge in [-0.25, -0.2) is 9.59 Å². The molecule has 0 atom stereocenters. The van der Waals surface area contributed by atoms with Crippen LogP contribution >= 0.6 is 27.5 Å². The molecule has 3 aromatic rings. The number of carbonyl (C=O) groups is 2. The van der Waals surface area contributed by atoms with E-state index in [9.17, 15) is 9.59 Å². The number of anilines is 1. The van der Waals surface area contributed by atoms with E-state index < -0.39 is 17.7 Å². The molecule has 1 heterocycles. The smallest absolute Gasteiger partial charge is 0.415 e. The molecule has 180 valence electrons. The van der Waals surface area contributed by atoms with Gasteiger partial charge < -0.3 is 18.6 Å². The Kier molecular flexibility index (Phi) is 8.28. The summed E-state index contributed by atoms with van der Waals surface area (Å²) in [6, 6.07) is 12.8. The third kappa shape index (κ3) is 6.12. The molecule has 2 aromatic carbocycles. The largest absolute Gasteiger partial charge is 0.485 e. The van der Waals surface area contributed by atoms with Crippen LogP contribution in [0.5, 0.6) is 5.75 Å². The fraction of sp³-hybridized carbons (Fsp3) is 0.280. The lowest BCUT2D eigenvalue weighted by atomic mass is 10.2. The normalized spacial score (nSPS) is 11.6. The van der Waals surface area contributed by atoms with Crippen molar-refractivity contribution < 1.29 is 28.2 Å². The molecular weight excluding hydrogens is 526 g/mol. The number of rotatable bonds is 7. The summed E-state index contributed by atoms with van der Waals surface area (Å²) in [6.45, 7) is 5.74. The summed E-state index contributed by atoms with van der Waals surface area (Å²) < 4.78 is 22.8. The van der Waals surface area contributed by atoms with Crippen LogP contribution in [0.1, 0.15) is 36.9 Å². The maximum absolute atomic E-state index is 13.1. The number of hydrogen-bond acceptors (Lipinski definition) is 6. The molecular formula is C25H25BrClNO6. The second kappa shape index (κ2) is 11.0. The van der Waals surface area contributed by atoms with Crippen LogP contribution in [-0.2, 0) is 16.1 Å². The van der Waals surface area contributed by atoms with Crippen molar-refractivity contribution in [1.82, 2.24) is 0 Å². The third-order valence-electron chi connectivity index (χ3n) is 4.59. The van der Waals surface area contributed by atoms with Gasteiger partial charge in [-0.05, 0) is 42.3 Å². The Labute approximate surface area is 211 Å². The van der Waals surface area contributed by atoms with E-state index in [-0.39, 0.29) is 18.9 Å². The lowest BCUT2D eigenvalue weighted by Gasteiger charge is -2.27. The number of benzene rings is 2. The van der Waals surface area contributed by atoms with E-state index in [1.165, 1.54) is 23.6 Å². The van der Waals surface area contributed by atoms with Crippen molar-refractivity contribution in [2.24, 2.45) is 0 Å². The highest BCUT2D eigenvalue weighted by Crippen LogP contribution is 2.42. The Morgan fingerprint density at radius 2 is 1.88 bits per heavy atom. The number of halogens is 2. The standard InChI is InChI=1S/C25H25BrClNO6/c1-25(2,3)34-24(30)28(12-8-11-27)18-14-19(32-15-16-9-6-5-7-10-16)22-17(21(18)26)13-20(33-22)23(29)31-4/h5-11,13-14H,12,15H2,1-4H3. The van der Waals surface area contributed by atoms with Crippen LogP contribution in [0, 0.1) is 0 Å². The second-order valence-corrected chi connectivity index (χ2v) is 9.32. The molecule has 0 saturated heterocycles. The minimum atomic E-state index is -0.711. The first-order chi connectivity index (χ1) is 16.1. The molecule has 9 heteroatoms. The Balaban J connectivity index is 2.14. The summed E-state index contributed by atoms with van der Waals surface area (Å²) in [5, 5.41) is 0.532. The van der Waals surface area contributed by atoms with Crippen molar-refractivity contribution in [2.45, 2.75) is 33.0 Å². The summed E-state index contributed by atoms with van der Waals surface area (Å²) in [4.78, 5) is 26.6. The molecule has 0 fully saturated rings. The van der Waals surface area contributed by atoms with Crippen molar-refractivity contribution in [3.63, 3.8) is 0 Å². The van der Waals surface area contributed by atoms with Crippen LogP contribution in [0.25, 0.3) is 11.0 Å². The van der Waals surface area contributed by atoms with Gasteiger partial charge in [-0.1, -0.05) is 48.0 Å². The van der Waals surface area contributed by atoms with Gasteiger partial charge in [0.1, 0.15) is 12.2 Å². The molecule has 0 N–H and O–H groups in total. The van der Waals surface area contributed by atoms with Gasteiger partial charge in [-0.3, -0.25) is 4.90 Å². The summed E-state index contributed by atoms with van der Waals surface area (Å²) >= 11 is 9.31. The minimum absolute atomic E-state index is 0.00406. The van der Waals surface area contributed by atoms with E-state index in [1.807, 2.05) is 30.3 Å². The highest BCUT2D eigenvalue weighted by Gasteiger charge is 2.28. The molecule has 1 amide bonds. The molecule has 34 heavy (non-hydrogen) atoms. The van der Waals surface area contributed by atoms with E-state index in [4.69, 9.17) is 30.2 Å². The first-order valence-electron chi connectivity index (χ1n) is 10.4. The van der Waals surface area contributed by atoms with Crippen LogP contribution in [0.2, 0.25) is 0 Å². The zero-order chi connectivity index (χ0) is 24.9. The van der Waals surface area contributed by atoms with Gasteiger partial charge in [0.25, 0.3) is 0 Å².